The van der Waals surface area contributed by atoms with Crippen LogP contribution in [-0.4, -0.2) is 4.98 Å². The summed E-state index contributed by atoms with van der Waals surface area (Å²) in [6, 6.07) is 4.42. The van der Waals surface area contributed by atoms with E-state index in [1.54, 1.807) is 12.1 Å². The molecule has 6 heteroatoms. The van der Waals surface area contributed by atoms with Gasteiger partial charge in [-0.15, -0.1) is 0 Å². The smallest absolute Gasteiger partial charge is 0.142 e. The van der Waals surface area contributed by atoms with Crippen LogP contribution in [0.5, 0.6) is 0 Å². The predicted octanol–water partition coefficient (Wildman–Crippen LogP) is 4.43. The van der Waals surface area contributed by atoms with E-state index >= 15 is 0 Å². The average molecular weight is 292 g/mol. The SMILES string of the molecule is Nc1ncc(F)cc1-c1ccc(Cl)c(Cl)c1Cl. The maximum atomic E-state index is 13.1. The molecule has 0 aliphatic carbocycles. The van der Waals surface area contributed by atoms with Crippen molar-refractivity contribution in [3.63, 3.8) is 0 Å². The maximum absolute atomic E-state index is 13.1. The number of nitrogen functional groups attached to an aromatic ring is 1. The summed E-state index contributed by atoms with van der Waals surface area (Å²) in [7, 11) is 0. The number of nitrogens with two attached hydrogens (primary N) is 1. The van der Waals surface area contributed by atoms with Gasteiger partial charge in [0.15, 0.2) is 0 Å². The van der Waals surface area contributed by atoms with E-state index in [0.717, 1.165) is 6.20 Å². The average Bonchev–Trinajstić information content (AvgIpc) is 2.30. The number of halogens is 4. The molecule has 88 valence electrons. The second-order valence-corrected chi connectivity index (χ2v) is 4.47. The number of hydrogen-bond acceptors (Lipinski definition) is 2. The fourth-order valence-electron chi connectivity index (χ4n) is 1.40. The molecule has 0 atom stereocenters. The first-order valence-electron chi connectivity index (χ1n) is 4.55. The standard InChI is InChI=1S/C11H6Cl3FN2/c12-8-2-1-6(9(13)10(8)14)7-3-5(15)4-17-11(7)16/h1-4H,(H2,16,17). The lowest BCUT2D eigenvalue weighted by atomic mass is 10.1. The predicted molar refractivity (Wildman–Crippen MR) is 69.1 cm³/mol. The monoisotopic (exact) mass is 290 g/mol. The van der Waals surface area contributed by atoms with Crippen LogP contribution >= 0.6 is 34.8 Å². The number of benzene rings is 1. The van der Waals surface area contributed by atoms with Gasteiger partial charge in [0.05, 0.1) is 21.3 Å². The van der Waals surface area contributed by atoms with Crippen LogP contribution in [-0.2, 0) is 0 Å². The Kier molecular flexibility index (Phi) is 3.43. The molecule has 0 radical (unpaired) electrons. The lowest BCUT2D eigenvalue weighted by Crippen LogP contribution is -1.95. The Morgan fingerprint density at radius 1 is 1.06 bits per heavy atom. The number of nitrogens with zero attached hydrogens (tertiary/aromatic N) is 1. The highest BCUT2D eigenvalue weighted by Crippen LogP contribution is 2.39. The summed E-state index contributed by atoms with van der Waals surface area (Å²) in [5.41, 5.74) is 6.54. The molecule has 0 unspecified atom stereocenters. The van der Waals surface area contributed by atoms with Crippen LogP contribution in [0.1, 0.15) is 0 Å². The molecule has 0 aliphatic heterocycles. The van der Waals surface area contributed by atoms with E-state index in [0.29, 0.717) is 16.1 Å². The minimum absolute atomic E-state index is 0.173. The third kappa shape index (κ3) is 2.32. The van der Waals surface area contributed by atoms with Crippen LogP contribution in [0, 0.1) is 5.82 Å². The summed E-state index contributed by atoms with van der Waals surface area (Å²) in [5.74, 6) is -0.331. The molecule has 2 aromatic rings. The van der Waals surface area contributed by atoms with Crippen LogP contribution in [0.4, 0.5) is 10.2 Å². The van der Waals surface area contributed by atoms with Gasteiger partial charge in [0.1, 0.15) is 11.6 Å². The molecule has 0 fully saturated rings. The first-order chi connectivity index (χ1) is 8.00. The third-order valence-corrected chi connectivity index (χ3v) is 3.50. The van der Waals surface area contributed by atoms with Crippen molar-refractivity contribution in [1.29, 1.82) is 0 Å². The van der Waals surface area contributed by atoms with Crippen molar-refractivity contribution >= 4 is 40.6 Å². The molecule has 17 heavy (non-hydrogen) atoms. The van der Waals surface area contributed by atoms with E-state index in [-0.39, 0.29) is 15.9 Å². The van der Waals surface area contributed by atoms with Gasteiger partial charge in [0.2, 0.25) is 0 Å². The second-order valence-electron chi connectivity index (χ2n) is 3.31. The Morgan fingerprint density at radius 2 is 1.76 bits per heavy atom. The quantitative estimate of drug-likeness (QED) is 0.789. The molecule has 0 spiro atoms. The maximum Gasteiger partial charge on any atom is 0.142 e. The first-order valence-corrected chi connectivity index (χ1v) is 5.69. The van der Waals surface area contributed by atoms with E-state index in [4.69, 9.17) is 40.5 Å². The first kappa shape index (κ1) is 12.4. The molecule has 1 aromatic carbocycles. The number of aromatic nitrogens is 1. The zero-order chi connectivity index (χ0) is 12.6. The van der Waals surface area contributed by atoms with Crippen molar-refractivity contribution < 1.29 is 4.39 Å². The fraction of sp³-hybridized carbons (Fsp3) is 0. The minimum atomic E-state index is -0.503. The molecule has 1 heterocycles. The van der Waals surface area contributed by atoms with Crippen LogP contribution in [0.15, 0.2) is 24.4 Å². The van der Waals surface area contributed by atoms with Crippen LogP contribution in [0.3, 0.4) is 0 Å². The summed E-state index contributed by atoms with van der Waals surface area (Å²) in [6.07, 6.45) is 1.03. The molecule has 0 amide bonds. The van der Waals surface area contributed by atoms with Crippen molar-refractivity contribution in [2.24, 2.45) is 0 Å². The van der Waals surface area contributed by atoms with Crippen molar-refractivity contribution in [1.82, 2.24) is 4.98 Å². The van der Waals surface area contributed by atoms with Gasteiger partial charge in [-0.2, -0.15) is 0 Å². The highest BCUT2D eigenvalue weighted by atomic mass is 35.5. The molecule has 0 aliphatic rings. The van der Waals surface area contributed by atoms with Gasteiger partial charge < -0.3 is 5.73 Å². The molecule has 0 bridgehead atoms. The van der Waals surface area contributed by atoms with E-state index in [1.165, 1.54) is 6.07 Å². The Morgan fingerprint density at radius 3 is 2.47 bits per heavy atom. The van der Waals surface area contributed by atoms with Crippen LogP contribution in [0.25, 0.3) is 11.1 Å². The molecule has 2 N–H and O–H groups in total. The van der Waals surface area contributed by atoms with Crippen LogP contribution < -0.4 is 5.73 Å². The van der Waals surface area contributed by atoms with Gasteiger partial charge in [0.25, 0.3) is 0 Å². The molecule has 2 nitrogen and oxygen atoms in total. The van der Waals surface area contributed by atoms with Gasteiger partial charge in [-0.1, -0.05) is 40.9 Å². The topological polar surface area (TPSA) is 38.9 Å². The van der Waals surface area contributed by atoms with E-state index in [2.05, 4.69) is 4.98 Å². The number of pyridine rings is 1. The Labute approximate surface area is 112 Å². The number of rotatable bonds is 1. The fourth-order valence-corrected chi connectivity index (χ4v) is 2.04. The lowest BCUT2D eigenvalue weighted by Gasteiger charge is -2.09. The summed E-state index contributed by atoms with van der Waals surface area (Å²) in [6.45, 7) is 0. The van der Waals surface area contributed by atoms with E-state index in [1.807, 2.05) is 0 Å². The summed E-state index contributed by atoms with van der Waals surface area (Å²) in [5, 5.41) is 0.746. The van der Waals surface area contributed by atoms with Gasteiger partial charge in [-0.3, -0.25) is 0 Å². The van der Waals surface area contributed by atoms with Gasteiger partial charge in [-0.25, -0.2) is 9.37 Å². The van der Waals surface area contributed by atoms with Crippen molar-refractivity contribution in [3.8, 4) is 11.1 Å². The van der Waals surface area contributed by atoms with Crippen LogP contribution in [0.2, 0.25) is 15.1 Å². The molecule has 0 saturated carbocycles. The van der Waals surface area contributed by atoms with E-state index < -0.39 is 5.82 Å². The molecule has 1 aromatic heterocycles. The molecule has 2 rings (SSSR count). The van der Waals surface area contributed by atoms with Crippen molar-refractivity contribution in [3.05, 3.63) is 45.3 Å². The Balaban J connectivity index is 2.69. The van der Waals surface area contributed by atoms with Crippen molar-refractivity contribution in [2.75, 3.05) is 5.73 Å². The molecule has 0 saturated heterocycles. The van der Waals surface area contributed by atoms with Gasteiger partial charge in [0, 0.05) is 11.1 Å². The Bertz CT molecular complexity index is 587. The number of hydrogen-bond donors (Lipinski definition) is 1. The lowest BCUT2D eigenvalue weighted by molar-refractivity contribution is 0.622. The largest absolute Gasteiger partial charge is 0.383 e. The summed E-state index contributed by atoms with van der Waals surface area (Å²) < 4.78 is 13.1. The van der Waals surface area contributed by atoms with E-state index in [9.17, 15) is 4.39 Å². The summed E-state index contributed by atoms with van der Waals surface area (Å²) >= 11 is 17.7. The summed E-state index contributed by atoms with van der Waals surface area (Å²) in [4.78, 5) is 3.72. The van der Waals surface area contributed by atoms with Crippen molar-refractivity contribution in [2.45, 2.75) is 0 Å². The van der Waals surface area contributed by atoms with Gasteiger partial charge in [-0.05, 0) is 12.1 Å². The molecular formula is C11H6Cl3FN2. The zero-order valence-corrected chi connectivity index (χ0v) is 10.6. The minimum Gasteiger partial charge on any atom is -0.383 e. The second kappa shape index (κ2) is 4.69. The molecular weight excluding hydrogens is 285 g/mol. The number of anilines is 1. The van der Waals surface area contributed by atoms with Gasteiger partial charge >= 0.3 is 0 Å². The third-order valence-electron chi connectivity index (χ3n) is 2.21. The normalized spacial score (nSPS) is 10.6. The highest BCUT2D eigenvalue weighted by molar-refractivity contribution is 6.49. The highest BCUT2D eigenvalue weighted by Gasteiger charge is 2.13. The Hall–Kier alpha value is -1.03. The zero-order valence-electron chi connectivity index (χ0n) is 8.35.